The average Bonchev–Trinajstić information content (AvgIpc) is 2.28. The van der Waals surface area contributed by atoms with Crippen LogP contribution in [0.3, 0.4) is 0 Å². The number of hydrogen-bond donors (Lipinski definition) is 2. The van der Waals surface area contributed by atoms with Gasteiger partial charge in [0.2, 0.25) is 0 Å². The third-order valence-electron chi connectivity index (χ3n) is 3.12. The molecule has 2 nitrogen and oxygen atoms in total. The van der Waals surface area contributed by atoms with Gasteiger partial charge in [-0.1, -0.05) is 45.9 Å². The molecule has 0 amide bonds. The highest BCUT2D eigenvalue weighted by atomic mass is 14.9. The van der Waals surface area contributed by atoms with Gasteiger partial charge in [0.15, 0.2) is 0 Å². The van der Waals surface area contributed by atoms with E-state index in [-0.39, 0.29) is 0 Å². The summed E-state index contributed by atoms with van der Waals surface area (Å²) in [5, 5.41) is 3.42. The molecule has 0 unspecified atom stereocenters. The van der Waals surface area contributed by atoms with Crippen molar-refractivity contribution in [2.24, 2.45) is 5.73 Å². The van der Waals surface area contributed by atoms with Gasteiger partial charge in [-0.15, -0.1) is 0 Å². The number of benzene rings is 1. The Labute approximate surface area is 106 Å². The molecule has 0 saturated heterocycles. The van der Waals surface area contributed by atoms with E-state index in [9.17, 15) is 0 Å². The third-order valence-corrected chi connectivity index (χ3v) is 3.12. The smallest absolute Gasteiger partial charge is 0.0211 e. The molecule has 3 N–H and O–H groups in total. The lowest BCUT2D eigenvalue weighted by Gasteiger charge is -2.20. The molecular weight excluding hydrogens is 208 g/mol. The third kappa shape index (κ3) is 3.83. The van der Waals surface area contributed by atoms with Crippen molar-refractivity contribution in [3.8, 4) is 0 Å². The molecule has 17 heavy (non-hydrogen) atoms. The van der Waals surface area contributed by atoms with Gasteiger partial charge in [0.1, 0.15) is 0 Å². The Kier molecular flexibility index (Phi) is 5.66. The first kappa shape index (κ1) is 14.2. The van der Waals surface area contributed by atoms with E-state index in [0.29, 0.717) is 18.4 Å². The van der Waals surface area contributed by atoms with Crippen molar-refractivity contribution in [1.82, 2.24) is 5.32 Å². The summed E-state index contributed by atoms with van der Waals surface area (Å²) in [5.74, 6) is 1.15. The molecule has 96 valence electrons. The van der Waals surface area contributed by atoms with Gasteiger partial charge in [0.25, 0.3) is 0 Å². The van der Waals surface area contributed by atoms with Crippen molar-refractivity contribution in [1.29, 1.82) is 0 Å². The molecule has 0 saturated carbocycles. The van der Waals surface area contributed by atoms with Gasteiger partial charge in [0.05, 0.1) is 0 Å². The molecule has 0 bridgehead atoms. The molecule has 2 heteroatoms. The van der Waals surface area contributed by atoms with Crippen LogP contribution in [0.2, 0.25) is 0 Å². The fourth-order valence-electron chi connectivity index (χ4n) is 2.22. The first-order chi connectivity index (χ1) is 8.07. The highest BCUT2D eigenvalue weighted by Gasteiger charge is 2.12. The Morgan fingerprint density at radius 3 is 2.00 bits per heavy atom. The molecule has 1 aromatic rings. The van der Waals surface area contributed by atoms with E-state index >= 15 is 0 Å². The van der Waals surface area contributed by atoms with Crippen molar-refractivity contribution in [2.45, 2.75) is 46.1 Å². The van der Waals surface area contributed by atoms with Crippen LogP contribution >= 0.6 is 0 Å². The van der Waals surface area contributed by atoms with Gasteiger partial charge in [-0.25, -0.2) is 0 Å². The van der Waals surface area contributed by atoms with Crippen molar-refractivity contribution >= 4 is 0 Å². The highest BCUT2D eigenvalue weighted by Crippen LogP contribution is 2.27. The van der Waals surface area contributed by atoms with Gasteiger partial charge in [0, 0.05) is 19.6 Å². The second-order valence-corrected chi connectivity index (χ2v) is 5.19. The van der Waals surface area contributed by atoms with Crippen LogP contribution in [0.4, 0.5) is 0 Å². The maximum Gasteiger partial charge on any atom is 0.0211 e. The molecule has 1 aromatic carbocycles. The van der Waals surface area contributed by atoms with E-state index < -0.39 is 0 Å². The number of nitrogens with one attached hydrogen (secondary N) is 1. The average molecular weight is 234 g/mol. The zero-order chi connectivity index (χ0) is 12.8. The zero-order valence-electron chi connectivity index (χ0n) is 11.6. The lowest BCUT2D eigenvalue weighted by Crippen LogP contribution is -2.23. The maximum atomic E-state index is 5.53. The molecule has 0 aliphatic carbocycles. The van der Waals surface area contributed by atoms with Crippen LogP contribution in [0.1, 0.15) is 56.2 Å². The lowest BCUT2D eigenvalue weighted by atomic mass is 9.88. The van der Waals surface area contributed by atoms with E-state index in [1.165, 1.54) is 16.7 Å². The fourth-order valence-corrected chi connectivity index (χ4v) is 2.22. The van der Waals surface area contributed by atoms with Crippen LogP contribution in [-0.2, 0) is 6.54 Å². The highest BCUT2D eigenvalue weighted by molar-refractivity contribution is 5.38. The molecule has 1 rings (SSSR count). The fraction of sp³-hybridized carbons (Fsp3) is 0.600. The lowest BCUT2D eigenvalue weighted by molar-refractivity contribution is 0.671. The van der Waals surface area contributed by atoms with Gasteiger partial charge in [-0.3, -0.25) is 0 Å². The van der Waals surface area contributed by atoms with Gasteiger partial charge in [-0.2, -0.15) is 0 Å². The normalized spacial score (nSPS) is 11.5. The predicted octanol–water partition coefficient (Wildman–Crippen LogP) is 2.98. The van der Waals surface area contributed by atoms with E-state index in [0.717, 1.165) is 13.1 Å². The summed E-state index contributed by atoms with van der Waals surface area (Å²) in [7, 11) is 0. The number of rotatable bonds is 6. The Bertz CT molecular complexity index is 317. The number of nitrogens with two attached hydrogens (primary N) is 1. The summed E-state index contributed by atoms with van der Waals surface area (Å²) in [6.45, 7) is 11.5. The van der Waals surface area contributed by atoms with Crippen molar-refractivity contribution in [3.05, 3.63) is 34.9 Å². The van der Waals surface area contributed by atoms with Crippen LogP contribution in [0.5, 0.6) is 0 Å². The SMILES string of the molecule is CC(C)c1cccc(C(C)C)c1CNCCN. The first-order valence-electron chi connectivity index (χ1n) is 6.60. The van der Waals surface area contributed by atoms with E-state index in [1.807, 2.05) is 0 Å². The molecule has 0 aliphatic rings. The molecule has 0 fully saturated rings. The number of hydrogen-bond acceptors (Lipinski definition) is 2. The summed E-state index contributed by atoms with van der Waals surface area (Å²) >= 11 is 0. The molecule has 0 spiro atoms. The first-order valence-corrected chi connectivity index (χ1v) is 6.60. The van der Waals surface area contributed by atoms with Crippen LogP contribution < -0.4 is 11.1 Å². The van der Waals surface area contributed by atoms with Crippen LogP contribution in [0.15, 0.2) is 18.2 Å². The van der Waals surface area contributed by atoms with Crippen molar-refractivity contribution in [3.63, 3.8) is 0 Å². The van der Waals surface area contributed by atoms with Crippen LogP contribution in [-0.4, -0.2) is 13.1 Å². The summed E-state index contributed by atoms with van der Waals surface area (Å²) in [5.41, 5.74) is 9.91. The Morgan fingerprint density at radius 1 is 1.06 bits per heavy atom. The predicted molar refractivity (Wildman–Crippen MR) is 75.4 cm³/mol. The van der Waals surface area contributed by atoms with Gasteiger partial charge < -0.3 is 11.1 Å². The maximum absolute atomic E-state index is 5.53. The van der Waals surface area contributed by atoms with E-state index in [2.05, 4.69) is 51.2 Å². The minimum atomic E-state index is 0.573. The van der Waals surface area contributed by atoms with E-state index in [4.69, 9.17) is 5.73 Å². The summed E-state index contributed by atoms with van der Waals surface area (Å²) in [4.78, 5) is 0. The monoisotopic (exact) mass is 234 g/mol. The molecule has 0 heterocycles. The topological polar surface area (TPSA) is 38.0 Å². The summed E-state index contributed by atoms with van der Waals surface area (Å²) in [6.07, 6.45) is 0. The largest absolute Gasteiger partial charge is 0.329 e. The van der Waals surface area contributed by atoms with Crippen LogP contribution in [0, 0.1) is 0 Å². The quantitative estimate of drug-likeness (QED) is 0.743. The molecule has 0 radical (unpaired) electrons. The van der Waals surface area contributed by atoms with E-state index in [1.54, 1.807) is 0 Å². The second kappa shape index (κ2) is 6.77. The Hall–Kier alpha value is -0.860. The minimum Gasteiger partial charge on any atom is -0.329 e. The molecule has 0 aromatic heterocycles. The van der Waals surface area contributed by atoms with Crippen molar-refractivity contribution in [2.75, 3.05) is 13.1 Å². The van der Waals surface area contributed by atoms with Crippen molar-refractivity contribution < 1.29 is 0 Å². The molecular formula is C15H26N2. The Morgan fingerprint density at radius 2 is 1.59 bits per heavy atom. The second-order valence-electron chi connectivity index (χ2n) is 5.19. The zero-order valence-corrected chi connectivity index (χ0v) is 11.6. The minimum absolute atomic E-state index is 0.573. The Balaban J connectivity index is 3.01. The standard InChI is InChI=1S/C15H26N2/c1-11(2)13-6-5-7-14(12(3)4)15(13)10-17-9-8-16/h5-7,11-12,17H,8-10,16H2,1-4H3. The summed E-state index contributed by atoms with van der Waals surface area (Å²) < 4.78 is 0. The van der Waals surface area contributed by atoms with Gasteiger partial charge in [-0.05, 0) is 28.5 Å². The van der Waals surface area contributed by atoms with Gasteiger partial charge >= 0.3 is 0 Å². The van der Waals surface area contributed by atoms with Crippen LogP contribution in [0.25, 0.3) is 0 Å². The molecule has 0 atom stereocenters. The summed E-state index contributed by atoms with van der Waals surface area (Å²) in [6, 6.07) is 6.67. The molecule has 0 aliphatic heterocycles.